The summed E-state index contributed by atoms with van der Waals surface area (Å²) in [6.07, 6.45) is 3.46. The molecule has 0 radical (unpaired) electrons. The van der Waals surface area contributed by atoms with E-state index in [9.17, 15) is 4.79 Å². The van der Waals surface area contributed by atoms with Gasteiger partial charge in [-0.05, 0) is 32.9 Å². The molecule has 0 aliphatic carbocycles. The number of carbonyl (C=O) groups excluding carboxylic acids is 1. The third kappa shape index (κ3) is 4.92. The number of hydrogen-bond acceptors (Lipinski definition) is 5. The van der Waals surface area contributed by atoms with Crippen LogP contribution in [0.5, 0.6) is 0 Å². The van der Waals surface area contributed by atoms with E-state index >= 15 is 0 Å². The van der Waals surface area contributed by atoms with Crippen LogP contribution in [0.25, 0.3) is 0 Å². The molecule has 0 saturated carbocycles. The van der Waals surface area contributed by atoms with Crippen molar-refractivity contribution in [3.05, 3.63) is 0 Å². The first-order valence-electron chi connectivity index (χ1n) is 6.80. The summed E-state index contributed by atoms with van der Waals surface area (Å²) in [6.45, 7) is 5.87. The summed E-state index contributed by atoms with van der Waals surface area (Å²) in [5, 5.41) is 2.99. The van der Waals surface area contributed by atoms with Crippen LogP contribution in [-0.2, 0) is 14.3 Å². The van der Waals surface area contributed by atoms with Gasteiger partial charge in [0.15, 0.2) is 0 Å². The Morgan fingerprint density at radius 2 is 2.39 bits per heavy atom. The summed E-state index contributed by atoms with van der Waals surface area (Å²) in [5.41, 5.74) is 0. The number of ether oxygens (including phenoxy) is 2. The molecule has 0 aromatic heterocycles. The van der Waals surface area contributed by atoms with E-state index in [2.05, 4.69) is 17.1 Å². The number of methoxy groups -OCH3 is 1. The fourth-order valence-corrected chi connectivity index (χ4v) is 2.29. The monoisotopic (exact) mass is 258 g/mol. The Hall–Kier alpha value is -0.650. The molecule has 1 rings (SSSR count). The highest BCUT2D eigenvalue weighted by molar-refractivity contribution is 5.75. The molecule has 1 N–H and O–H groups in total. The lowest BCUT2D eigenvalue weighted by Gasteiger charge is -2.25. The summed E-state index contributed by atoms with van der Waals surface area (Å²) in [6, 6.07) is -0.214. The second-order valence-corrected chi connectivity index (χ2v) is 4.68. The van der Waals surface area contributed by atoms with Crippen LogP contribution in [0.3, 0.4) is 0 Å². The summed E-state index contributed by atoms with van der Waals surface area (Å²) in [5.74, 6) is -0.189. The van der Waals surface area contributed by atoms with E-state index in [4.69, 9.17) is 9.47 Å². The number of esters is 1. The van der Waals surface area contributed by atoms with Crippen LogP contribution in [0.2, 0.25) is 0 Å². The molecule has 0 aromatic rings. The van der Waals surface area contributed by atoms with E-state index in [1.165, 1.54) is 13.5 Å². The van der Waals surface area contributed by atoms with E-state index in [1.807, 2.05) is 0 Å². The third-order valence-electron chi connectivity index (χ3n) is 3.50. The van der Waals surface area contributed by atoms with E-state index in [1.54, 1.807) is 7.05 Å². The first-order valence-corrected chi connectivity index (χ1v) is 6.80. The van der Waals surface area contributed by atoms with Crippen LogP contribution in [-0.4, -0.2) is 63.4 Å². The molecule has 2 unspecified atom stereocenters. The summed E-state index contributed by atoms with van der Waals surface area (Å²) in [7, 11) is 3.22. The standard InChI is InChI=1S/C13H26N2O3/c1-4-15(10-11-6-5-9-18-11)8-7-12(14-2)13(16)17-3/h11-12,14H,4-10H2,1-3H3. The minimum absolute atomic E-state index is 0.189. The molecule has 5 heteroatoms. The van der Waals surface area contributed by atoms with Crippen molar-refractivity contribution in [3.8, 4) is 0 Å². The van der Waals surface area contributed by atoms with Crippen molar-refractivity contribution >= 4 is 5.97 Å². The van der Waals surface area contributed by atoms with Crippen molar-refractivity contribution < 1.29 is 14.3 Å². The number of nitrogens with zero attached hydrogens (tertiary/aromatic N) is 1. The Balaban J connectivity index is 2.30. The number of hydrogen-bond donors (Lipinski definition) is 1. The quantitative estimate of drug-likeness (QED) is 0.647. The molecule has 2 atom stereocenters. The first kappa shape index (κ1) is 15.4. The molecule has 18 heavy (non-hydrogen) atoms. The van der Waals surface area contributed by atoms with Crippen molar-refractivity contribution in [1.82, 2.24) is 10.2 Å². The van der Waals surface area contributed by atoms with Gasteiger partial charge in [-0.1, -0.05) is 6.92 Å². The van der Waals surface area contributed by atoms with E-state index < -0.39 is 0 Å². The highest BCUT2D eigenvalue weighted by atomic mass is 16.5. The zero-order chi connectivity index (χ0) is 13.4. The second-order valence-electron chi connectivity index (χ2n) is 4.68. The topological polar surface area (TPSA) is 50.8 Å². The Morgan fingerprint density at radius 1 is 1.61 bits per heavy atom. The van der Waals surface area contributed by atoms with Crippen LogP contribution in [0.1, 0.15) is 26.2 Å². The molecule has 1 heterocycles. The number of nitrogens with one attached hydrogen (secondary N) is 1. The summed E-state index contributed by atoms with van der Waals surface area (Å²) in [4.78, 5) is 13.8. The number of rotatable bonds is 8. The molecule has 106 valence electrons. The van der Waals surface area contributed by atoms with Crippen molar-refractivity contribution in [2.24, 2.45) is 0 Å². The largest absolute Gasteiger partial charge is 0.468 e. The predicted octanol–water partition coefficient (Wildman–Crippen LogP) is 0.638. The lowest BCUT2D eigenvalue weighted by atomic mass is 10.2. The maximum Gasteiger partial charge on any atom is 0.322 e. The Morgan fingerprint density at radius 3 is 2.89 bits per heavy atom. The zero-order valence-corrected chi connectivity index (χ0v) is 11.8. The first-order chi connectivity index (χ1) is 8.71. The van der Waals surface area contributed by atoms with Gasteiger partial charge in [-0.25, -0.2) is 0 Å². The van der Waals surface area contributed by atoms with Gasteiger partial charge in [0.1, 0.15) is 6.04 Å². The molecule has 0 spiro atoms. The SMILES string of the molecule is CCN(CCC(NC)C(=O)OC)CC1CCCO1. The molecule has 1 fully saturated rings. The lowest BCUT2D eigenvalue weighted by molar-refractivity contribution is -0.143. The molecule has 5 nitrogen and oxygen atoms in total. The molecule has 1 saturated heterocycles. The van der Waals surface area contributed by atoms with E-state index in [-0.39, 0.29) is 12.0 Å². The lowest BCUT2D eigenvalue weighted by Crippen LogP contribution is -2.40. The molecular formula is C13H26N2O3. The average molecular weight is 258 g/mol. The molecule has 0 bridgehead atoms. The fourth-order valence-electron chi connectivity index (χ4n) is 2.29. The van der Waals surface area contributed by atoms with Gasteiger partial charge in [0.2, 0.25) is 0 Å². The van der Waals surface area contributed by atoms with Crippen LogP contribution < -0.4 is 5.32 Å². The predicted molar refractivity (Wildman–Crippen MR) is 70.6 cm³/mol. The van der Waals surface area contributed by atoms with Crippen molar-refractivity contribution in [3.63, 3.8) is 0 Å². The third-order valence-corrected chi connectivity index (χ3v) is 3.50. The van der Waals surface area contributed by atoms with E-state index in [0.717, 1.165) is 39.1 Å². The Kier molecular flexibility index (Phi) is 7.23. The summed E-state index contributed by atoms with van der Waals surface area (Å²) >= 11 is 0. The molecular weight excluding hydrogens is 232 g/mol. The molecule has 1 aliphatic rings. The number of likely N-dealkylation sites (N-methyl/N-ethyl adjacent to an activating group) is 2. The highest BCUT2D eigenvalue weighted by Crippen LogP contribution is 2.13. The Bertz CT molecular complexity index is 242. The smallest absolute Gasteiger partial charge is 0.322 e. The van der Waals surface area contributed by atoms with Crippen LogP contribution in [0.15, 0.2) is 0 Å². The van der Waals surface area contributed by atoms with Crippen LogP contribution >= 0.6 is 0 Å². The maximum atomic E-state index is 11.5. The average Bonchev–Trinajstić information content (AvgIpc) is 2.90. The van der Waals surface area contributed by atoms with Gasteiger partial charge in [-0.3, -0.25) is 4.79 Å². The zero-order valence-electron chi connectivity index (χ0n) is 11.8. The van der Waals surface area contributed by atoms with Gasteiger partial charge in [0.25, 0.3) is 0 Å². The van der Waals surface area contributed by atoms with Crippen LogP contribution in [0.4, 0.5) is 0 Å². The molecule has 0 aromatic carbocycles. The van der Waals surface area contributed by atoms with Gasteiger partial charge < -0.3 is 19.7 Å². The van der Waals surface area contributed by atoms with Crippen molar-refractivity contribution in [1.29, 1.82) is 0 Å². The minimum atomic E-state index is -0.214. The molecule has 0 amide bonds. The highest BCUT2D eigenvalue weighted by Gasteiger charge is 2.21. The van der Waals surface area contributed by atoms with Gasteiger partial charge >= 0.3 is 5.97 Å². The normalized spacial score (nSPS) is 21.2. The molecule has 1 aliphatic heterocycles. The van der Waals surface area contributed by atoms with Crippen LogP contribution in [0, 0.1) is 0 Å². The van der Waals surface area contributed by atoms with Gasteiger partial charge in [-0.15, -0.1) is 0 Å². The van der Waals surface area contributed by atoms with Crippen molar-refractivity contribution in [2.75, 3.05) is 40.4 Å². The second kappa shape index (κ2) is 8.45. The van der Waals surface area contributed by atoms with Crippen molar-refractivity contribution in [2.45, 2.75) is 38.3 Å². The van der Waals surface area contributed by atoms with E-state index in [0.29, 0.717) is 6.10 Å². The number of carbonyl (C=O) groups is 1. The minimum Gasteiger partial charge on any atom is -0.468 e. The Labute approximate surface area is 110 Å². The van der Waals surface area contributed by atoms with Gasteiger partial charge in [0, 0.05) is 19.7 Å². The summed E-state index contributed by atoms with van der Waals surface area (Å²) < 4.78 is 10.4. The van der Waals surface area contributed by atoms with Gasteiger partial charge in [-0.2, -0.15) is 0 Å². The van der Waals surface area contributed by atoms with Gasteiger partial charge in [0.05, 0.1) is 13.2 Å². The fraction of sp³-hybridized carbons (Fsp3) is 0.923. The maximum absolute atomic E-state index is 11.5.